The third-order valence-electron chi connectivity index (χ3n) is 7.21. The van der Waals surface area contributed by atoms with Gasteiger partial charge in [-0.05, 0) is 35.6 Å². The summed E-state index contributed by atoms with van der Waals surface area (Å²) in [4.78, 5) is 55.7. The molecule has 7 unspecified atom stereocenters. The Labute approximate surface area is 183 Å². The highest BCUT2D eigenvalue weighted by Crippen LogP contribution is 2.68. The number of fused-ring (bicyclic) bond motifs is 9. The topological polar surface area (TPSA) is 108 Å². The Kier molecular flexibility index (Phi) is 4.11. The Balaban J connectivity index is 1.40. The summed E-state index contributed by atoms with van der Waals surface area (Å²) in [5.74, 6) is -1.65. The molecule has 156 valence electrons. The van der Waals surface area contributed by atoms with E-state index in [-0.39, 0.29) is 70.4 Å². The van der Waals surface area contributed by atoms with Crippen LogP contribution < -0.4 is 4.87 Å². The predicted molar refractivity (Wildman–Crippen MR) is 112 cm³/mol. The number of amides is 2. The fourth-order valence-corrected chi connectivity index (χ4v) is 10.1. The quantitative estimate of drug-likeness (QED) is 0.676. The maximum Gasteiger partial charge on any atom is 0.305 e. The molecule has 0 radical (unpaired) electrons. The smallest absolute Gasteiger partial charge is 0.305 e. The number of carboxylic acids is 1. The van der Waals surface area contributed by atoms with E-state index in [4.69, 9.17) is 5.11 Å². The van der Waals surface area contributed by atoms with Crippen LogP contribution in [0.4, 0.5) is 0 Å². The number of hydrogen-bond donors (Lipinski definition) is 2. The van der Waals surface area contributed by atoms with Crippen LogP contribution in [0.1, 0.15) is 28.5 Å². The van der Waals surface area contributed by atoms with E-state index in [1.54, 1.807) is 23.1 Å². The maximum absolute atomic E-state index is 13.2. The number of nitrogens with zero attached hydrogens (tertiary/aromatic N) is 1. The first kappa shape index (κ1) is 18.8. The van der Waals surface area contributed by atoms with E-state index < -0.39 is 5.97 Å². The summed E-state index contributed by atoms with van der Waals surface area (Å²) >= 11 is 4.60. The lowest BCUT2D eigenvalue weighted by Crippen LogP contribution is -2.42. The van der Waals surface area contributed by atoms with Crippen molar-refractivity contribution in [3.8, 4) is 0 Å². The van der Waals surface area contributed by atoms with Gasteiger partial charge in [0.15, 0.2) is 0 Å². The van der Waals surface area contributed by atoms with Crippen LogP contribution in [-0.2, 0) is 14.4 Å². The van der Waals surface area contributed by atoms with Crippen molar-refractivity contribution in [2.75, 3.05) is 6.54 Å². The molecule has 7 atom stereocenters. The van der Waals surface area contributed by atoms with Gasteiger partial charge < -0.3 is 10.1 Å². The number of likely N-dealkylation sites (tertiary alicyclic amines) is 1. The largest absolute Gasteiger partial charge is 0.481 e. The van der Waals surface area contributed by atoms with E-state index >= 15 is 0 Å². The summed E-state index contributed by atoms with van der Waals surface area (Å²) in [6.45, 7) is -0.0447. The summed E-state index contributed by atoms with van der Waals surface area (Å²) < 4.78 is 0. The summed E-state index contributed by atoms with van der Waals surface area (Å²) in [7, 11) is 0. The molecule has 3 fully saturated rings. The number of aromatic amines is 1. The lowest BCUT2D eigenvalue weighted by atomic mass is 9.69. The molecule has 2 aliphatic heterocycles. The zero-order valence-electron chi connectivity index (χ0n) is 15.6. The molecule has 1 saturated heterocycles. The number of aromatic nitrogens is 1. The molecular formula is C20H18N2O5S3. The number of thioether (sulfide) groups is 1. The van der Waals surface area contributed by atoms with Crippen molar-refractivity contribution in [2.45, 2.75) is 29.0 Å². The Morgan fingerprint density at radius 2 is 1.97 bits per heavy atom. The van der Waals surface area contributed by atoms with Gasteiger partial charge in [0, 0.05) is 27.5 Å². The average molecular weight is 463 g/mol. The normalized spacial score (nSPS) is 36.1. The number of carboxylic acid groups (broad SMARTS) is 1. The zero-order chi connectivity index (χ0) is 20.7. The van der Waals surface area contributed by atoms with Gasteiger partial charge in [0.05, 0.1) is 23.3 Å². The first-order valence-corrected chi connectivity index (χ1v) is 12.5. The van der Waals surface area contributed by atoms with Crippen LogP contribution >= 0.6 is 34.4 Å². The van der Waals surface area contributed by atoms with Crippen molar-refractivity contribution in [2.24, 2.45) is 29.6 Å². The van der Waals surface area contributed by atoms with Gasteiger partial charge in [0.2, 0.25) is 11.8 Å². The number of carbonyl (C=O) groups is 3. The second kappa shape index (κ2) is 6.54. The van der Waals surface area contributed by atoms with Crippen molar-refractivity contribution < 1.29 is 19.5 Å². The van der Waals surface area contributed by atoms with Gasteiger partial charge in [-0.2, -0.15) is 0 Å². The monoisotopic (exact) mass is 462 g/mol. The van der Waals surface area contributed by atoms with E-state index in [0.717, 1.165) is 16.3 Å². The van der Waals surface area contributed by atoms with Gasteiger partial charge >= 0.3 is 10.8 Å². The number of imide groups is 1. The number of H-pyrrole nitrogens is 1. The van der Waals surface area contributed by atoms with Crippen LogP contribution in [0.25, 0.3) is 0 Å². The molecule has 2 N–H and O–H groups in total. The van der Waals surface area contributed by atoms with Gasteiger partial charge in [0.25, 0.3) is 0 Å². The fourth-order valence-electron chi connectivity index (χ4n) is 6.29. The van der Waals surface area contributed by atoms with Gasteiger partial charge in [-0.1, -0.05) is 17.4 Å². The number of nitrogens with one attached hydrogen (secondary N) is 1. The second-order valence-electron chi connectivity index (χ2n) is 8.45. The zero-order valence-corrected chi connectivity index (χ0v) is 18.1. The highest BCUT2D eigenvalue weighted by Gasteiger charge is 2.69. The molecule has 2 saturated carbocycles. The molecule has 2 aromatic rings. The van der Waals surface area contributed by atoms with Crippen LogP contribution in [0.3, 0.4) is 0 Å². The first-order chi connectivity index (χ1) is 14.5. The van der Waals surface area contributed by atoms with Crippen LogP contribution in [0.5, 0.6) is 0 Å². The highest BCUT2D eigenvalue weighted by atomic mass is 32.2. The second-order valence-corrected chi connectivity index (χ2v) is 11.6. The minimum atomic E-state index is -1.01. The molecule has 2 amide bonds. The number of carbonyl (C=O) groups excluding carboxylic acids is 2. The summed E-state index contributed by atoms with van der Waals surface area (Å²) in [6, 6.07) is 4.11. The number of thiazole rings is 1. The summed E-state index contributed by atoms with van der Waals surface area (Å²) in [5, 5.41) is 12.1. The van der Waals surface area contributed by atoms with Crippen molar-refractivity contribution in [1.29, 1.82) is 0 Å². The molecule has 2 bridgehead atoms. The predicted octanol–water partition coefficient (Wildman–Crippen LogP) is 2.45. The Bertz CT molecular complexity index is 1120. The van der Waals surface area contributed by atoms with E-state index in [1.807, 2.05) is 11.4 Å². The van der Waals surface area contributed by atoms with Crippen molar-refractivity contribution in [3.63, 3.8) is 0 Å². The Morgan fingerprint density at radius 3 is 2.67 bits per heavy atom. The molecule has 2 aliphatic carbocycles. The fraction of sp³-hybridized carbons (Fsp3) is 0.500. The molecule has 30 heavy (non-hydrogen) atoms. The number of aliphatic carboxylic acids is 1. The lowest BCUT2D eigenvalue weighted by molar-refractivity contribution is -0.142. The van der Waals surface area contributed by atoms with Crippen molar-refractivity contribution in [3.05, 3.63) is 36.9 Å². The van der Waals surface area contributed by atoms with Crippen LogP contribution in [0.2, 0.25) is 0 Å². The first-order valence-electron chi connectivity index (χ1n) is 9.95. The standard InChI is InChI=1S/C20H18N2O5S3/c23-10(24)3-4-22-18(25)12-7-6-8(13(12)19(22)26)15-11(7)14(9-2-1-5-28-9)16-17(29-15)21-20(27)30-16/h1-2,5,7-8,11-15H,3-4,6H2,(H,21,27)(H,23,24). The van der Waals surface area contributed by atoms with E-state index in [9.17, 15) is 19.2 Å². The lowest BCUT2D eigenvalue weighted by Gasteiger charge is -2.42. The van der Waals surface area contributed by atoms with Crippen LogP contribution in [-0.4, -0.2) is 44.6 Å². The third-order valence-corrected chi connectivity index (χ3v) is 10.8. The van der Waals surface area contributed by atoms with Gasteiger partial charge in [-0.3, -0.25) is 24.1 Å². The van der Waals surface area contributed by atoms with Crippen molar-refractivity contribution in [1.82, 2.24) is 9.88 Å². The molecule has 4 aliphatic rings. The molecule has 2 aromatic heterocycles. The Morgan fingerprint density at radius 1 is 1.20 bits per heavy atom. The molecule has 4 heterocycles. The molecule has 10 heteroatoms. The summed E-state index contributed by atoms with van der Waals surface area (Å²) in [5.41, 5.74) is 0. The average Bonchev–Trinajstić information content (AvgIpc) is 3.48. The molecule has 0 spiro atoms. The minimum Gasteiger partial charge on any atom is -0.481 e. The minimum absolute atomic E-state index is 0.0447. The van der Waals surface area contributed by atoms with E-state index in [2.05, 4.69) is 11.1 Å². The van der Waals surface area contributed by atoms with Gasteiger partial charge in [-0.25, -0.2) is 0 Å². The molecule has 6 rings (SSSR count). The van der Waals surface area contributed by atoms with E-state index in [0.29, 0.717) is 0 Å². The third kappa shape index (κ3) is 2.44. The molecule has 7 nitrogen and oxygen atoms in total. The molecular weight excluding hydrogens is 444 g/mol. The van der Waals surface area contributed by atoms with Gasteiger partial charge in [-0.15, -0.1) is 23.1 Å². The number of thiophene rings is 1. The van der Waals surface area contributed by atoms with E-state index in [1.165, 1.54) is 21.1 Å². The number of hydrogen-bond acceptors (Lipinski definition) is 7. The maximum atomic E-state index is 13.2. The number of rotatable bonds is 4. The SMILES string of the molecule is O=C(O)CCN1C(=O)C2C3CC(C2C1=O)C1C(c2cccs2)c2sc(=O)[nH]c2SC31. The van der Waals surface area contributed by atoms with Crippen LogP contribution in [0, 0.1) is 29.6 Å². The van der Waals surface area contributed by atoms with Gasteiger partial charge in [0.1, 0.15) is 0 Å². The molecule has 0 aromatic carbocycles. The summed E-state index contributed by atoms with van der Waals surface area (Å²) in [6.07, 6.45) is 0.632. The Hall–Kier alpha value is -1.91. The van der Waals surface area contributed by atoms with Crippen LogP contribution in [0.15, 0.2) is 27.3 Å². The van der Waals surface area contributed by atoms with Crippen molar-refractivity contribution >= 4 is 52.2 Å². The highest BCUT2D eigenvalue weighted by molar-refractivity contribution is 8.00.